The highest BCUT2D eigenvalue weighted by atomic mass is 16.4. The predicted octanol–water partition coefficient (Wildman–Crippen LogP) is 8.09. The van der Waals surface area contributed by atoms with Crippen LogP contribution in [0.4, 0.5) is 0 Å². The van der Waals surface area contributed by atoms with Crippen molar-refractivity contribution >= 4 is 12.6 Å². The Kier molecular flexibility index (Phi) is 6.23. The predicted molar refractivity (Wildman–Crippen MR) is 191 cm³/mol. The van der Waals surface area contributed by atoms with Gasteiger partial charge in [-0.25, -0.2) is 0 Å². The van der Waals surface area contributed by atoms with Crippen LogP contribution in [-0.2, 0) is 10.8 Å². The molecule has 0 bridgehead atoms. The minimum Gasteiger partial charge on any atom is -0.423 e. The first-order valence-electron chi connectivity index (χ1n) is 16.2. The molecule has 2 aliphatic rings. The molecule has 0 unspecified atom stereocenters. The van der Waals surface area contributed by atoms with Gasteiger partial charge in [0.2, 0.25) is 0 Å². The van der Waals surface area contributed by atoms with Crippen LogP contribution in [0, 0.1) is 0 Å². The molecule has 0 saturated carbocycles. The van der Waals surface area contributed by atoms with Gasteiger partial charge in [-0.15, -0.1) is 0 Å². The molecular formula is C44H31BO2. The first-order chi connectivity index (χ1) is 23.1. The standard InChI is InChI=1S/C44H31BO2/c46-45(47)34-25-26-36-38-29-41-37(28-42(38)44(40(36)27-34,32-19-9-3-10-20-32)33-21-11-4-12-22-33)35-23-13-14-24-39(35)43(41,30-15-5-1-6-16-30)31-17-7-2-8-18-31/h1-29,46-47H. The number of hydrogen-bond donors (Lipinski definition) is 2. The quantitative estimate of drug-likeness (QED) is 0.196. The first kappa shape index (κ1) is 27.8. The van der Waals surface area contributed by atoms with E-state index in [2.05, 4.69) is 164 Å². The molecule has 0 aromatic heterocycles. The second-order valence-corrected chi connectivity index (χ2v) is 12.6. The summed E-state index contributed by atoms with van der Waals surface area (Å²) in [6.07, 6.45) is 0. The normalized spacial score (nSPS) is 14.5. The van der Waals surface area contributed by atoms with Gasteiger partial charge in [-0.3, -0.25) is 0 Å². The molecule has 0 atom stereocenters. The minimum absolute atomic E-state index is 0.480. The summed E-state index contributed by atoms with van der Waals surface area (Å²) in [4.78, 5) is 0. The second-order valence-electron chi connectivity index (χ2n) is 12.6. The molecule has 0 amide bonds. The number of rotatable bonds is 5. The van der Waals surface area contributed by atoms with E-state index in [0.717, 1.165) is 27.8 Å². The molecule has 0 fully saturated rings. The Morgan fingerprint density at radius 3 is 1.13 bits per heavy atom. The maximum absolute atomic E-state index is 10.4. The van der Waals surface area contributed by atoms with Crippen LogP contribution in [0.5, 0.6) is 0 Å². The maximum Gasteiger partial charge on any atom is 0.488 e. The smallest absolute Gasteiger partial charge is 0.423 e. The van der Waals surface area contributed by atoms with E-state index in [1.165, 1.54) is 38.9 Å². The van der Waals surface area contributed by atoms with Crippen molar-refractivity contribution in [2.45, 2.75) is 10.8 Å². The lowest BCUT2D eigenvalue weighted by Crippen LogP contribution is -2.33. The molecule has 0 saturated heterocycles. The van der Waals surface area contributed by atoms with Gasteiger partial charge in [0.25, 0.3) is 0 Å². The van der Waals surface area contributed by atoms with E-state index in [9.17, 15) is 10.0 Å². The van der Waals surface area contributed by atoms with E-state index in [4.69, 9.17) is 0 Å². The Bertz CT molecular complexity index is 2180. The molecule has 0 spiro atoms. The Balaban J connectivity index is 1.46. The molecule has 47 heavy (non-hydrogen) atoms. The van der Waals surface area contributed by atoms with Crippen LogP contribution in [0.25, 0.3) is 22.3 Å². The van der Waals surface area contributed by atoms with E-state index in [0.29, 0.717) is 5.46 Å². The van der Waals surface area contributed by atoms with Crippen molar-refractivity contribution in [3.63, 3.8) is 0 Å². The third-order valence-corrected chi connectivity index (χ3v) is 10.5. The molecule has 7 aromatic rings. The molecule has 2 aliphatic carbocycles. The Morgan fingerprint density at radius 2 is 0.681 bits per heavy atom. The van der Waals surface area contributed by atoms with E-state index in [1.807, 2.05) is 12.1 Å². The van der Waals surface area contributed by atoms with Crippen molar-refractivity contribution in [1.29, 1.82) is 0 Å². The average Bonchev–Trinajstić information content (AvgIpc) is 3.59. The van der Waals surface area contributed by atoms with Gasteiger partial charge in [0.15, 0.2) is 0 Å². The molecule has 0 radical (unpaired) electrons. The fourth-order valence-electron chi connectivity index (χ4n) is 8.60. The van der Waals surface area contributed by atoms with Crippen LogP contribution in [-0.4, -0.2) is 17.2 Å². The lowest BCUT2D eigenvalue weighted by molar-refractivity contribution is 0.425. The lowest BCUT2D eigenvalue weighted by Gasteiger charge is -2.35. The maximum atomic E-state index is 10.4. The zero-order valence-corrected chi connectivity index (χ0v) is 25.7. The molecule has 0 heterocycles. The molecule has 222 valence electrons. The van der Waals surface area contributed by atoms with Gasteiger partial charge in [-0.1, -0.05) is 164 Å². The summed E-state index contributed by atoms with van der Waals surface area (Å²) in [5, 5.41) is 20.8. The van der Waals surface area contributed by atoms with Crippen LogP contribution >= 0.6 is 0 Å². The third kappa shape index (κ3) is 3.76. The highest BCUT2D eigenvalue weighted by molar-refractivity contribution is 6.58. The summed E-state index contributed by atoms with van der Waals surface area (Å²) in [5.74, 6) is 0. The Hall–Kier alpha value is -5.48. The van der Waals surface area contributed by atoms with Gasteiger partial charge in [-0.2, -0.15) is 0 Å². The fraction of sp³-hybridized carbons (Fsp3) is 0.0455. The molecule has 3 heteroatoms. The second kappa shape index (κ2) is 10.5. The highest BCUT2D eigenvalue weighted by Crippen LogP contribution is 2.62. The van der Waals surface area contributed by atoms with Gasteiger partial charge >= 0.3 is 7.12 Å². The topological polar surface area (TPSA) is 40.5 Å². The molecule has 7 aromatic carbocycles. The van der Waals surface area contributed by atoms with Crippen LogP contribution in [0.1, 0.15) is 44.5 Å². The molecular weight excluding hydrogens is 571 g/mol. The van der Waals surface area contributed by atoms with Crippen LogP contribution in [0.3, 0.4) is 0 Å². The van der Waals surface area contributed by atoms with Crippen molar-refractivity contribution in [1.82, 2.24) is 0 Å². The Morgan fingerprint density at radius 1 is 0.319 bits per heavy atom. The van der Waals surface area contributed by atoms with Crippen molar-refractivity contribution < 1.29 is 10.0 Å². The van der Waals surface area contributed by atoms with E-state index in [1.54, 1.807) is 0 Å². The molecule has 9 rings (SSSR count). The molecule has 0 aliphatic heterocycles. The number of benzene rings is 7. The average molecular weight is 603 g/mol. The third-order valence-electron chi connectivity index (χ3n) is 10.5. The minimum atomic E-state index is -1.58. The van der Waals surface area contributed by atoms with Crippen molar-refractivity contribution in [3.05, 3.63) is 220 Å². The number of hydrogen-bond acceptors (Lipinski definition) is 2. The van der Waals surface area contributed by atoms with Gasteiger partial charge in [0, 0.05) is 0 Å². The van der Waals surface area contributed by atoms with E-state index >= 15 is 0 Å². The summed E-state index contributed by atoms with van der Waals surface area (Å²) in [5.41, 5.74) is 13.5. The van der Waals surface area contributed by atoms with Crippen LogP contribution < -0.4 is 5.46 Å². The number of fused-ring (bicyclic) bond motifs is 6. The molecule has 2 nitrogen and oxygen atoms in total. The van der Waals surface area contributed by atoms with Crippen molar-refractivity contribution in [2.24, 2.45) is 0 Å². The molecule has 2 N–H and O–H groups in total. The van der Waals surface area contributed by atoms with Crippen molar-refractivity contribution in [3.8, 4) is 22.3 Å². The van der Waals surface area contributed by atoms with Crippen molar-refractivity contribution in [2.75, 3.05) is 0 Å². The highest BCUT2D eigenvalue weighted by Gasteiger charge is 2.51. The zero-order valence-electron chi connectivity index (χ0n) is 25.7. The monoisotopic (exact) mass is 602 g/mol. The van der Waals surface area contributed by atoms with Gasteiger partial charge in [0.05, 0.1) is 10.8 Å². The first-order valence-corrected chi connectivity index (χ1v) is 16.2. The summed E-state index contributed by atoms with van der Waals surface area (Å²) < 4.78 is 0. The summed E-state index contributed by atoms with van der Waals surface area (Å²) in [6.45, 7) is 0. The van der Waals surface area contributed by atoms with E-state index in [-0.39, 0.29) is 0 Å². The largest absolute Gasteiger partial charge is 0.488 e. The lowest BCUT2D eigenvalue weighted by atomic mass is 9.65. The van der Waals surface area contributed by atoms with E-state index < -0.39 is 17.9 Å². The Labute approximate surface area is 275 Å². The van der Waals surface area contributed by atoms with Gasteiger partial charge in [-0.05, 0) is 84.4 Å². The van der Waals surface area contributed by atoms with Crippen LogP contribution in [0.2, 0.25) is 0 Å². The summed E-state index contributed by atoms with van der Waals surface area (Å²) in [6, 6.07) is 62.7. The van der Waals surface area contributed by atoms with Gasteiger partial charge in [0.1, 0.15) is 0 Å². The summed E-state index contributed by atoms with van der Waals surface area (Å²) >= 11 is 0. The summed E-state index contributed by atoms with van der Waals surface area (Å²) in [7, 11) is -1.58. The fourth-order valence-corrected chi connectivity index (χ4v) is 8.60. The zero-order chi connectivity index (χ0) is 31.6. The van der Waals surface area contributed by atoms with Gasteiger partial charge < -0.3 is 10.0 Å². The van der Waals surface area contributed by atoms with Crippen LogP contribution in [0.15, 0.2) is 176 Å². The SMILES string of the molecule is OB(O)c1ccc2c(c1)C(c1ccccc1)(c1ccccc1)c1cc3c(cc1-2)C(c1ccccc1)(c1ccccc1)c1ccccc1-3.